The highest BCUT2D eigenvalue weighted by Crippen LogP contribution is 2.36. The van der Waals surface area contributed by atoms with Crippen molar-refractivity contribution in [2.24, 2.45) is 0 Å². The van der Waals surface area contributed by atoms with Gasteiger partial charge in [-0.05, 0) is 20.8 Å². The third-order valence-electron chi connectivity index (χ3n) is 3.41. The Balaban J connectivity index is 0.000000633. The van der Waals surface area contributed by atoms with E-state index in [0.717, 1.165) is 4.13 Å². The SMILES string of the molecule is CCO[Si](C[n+]1ccccc1C)(OCC)OCC.O=S(=O)([N-]S(=O)(=O)C(F)(F)F)C(F)(F)F. The molecule has 0 radical (unpaired) electrons. The second-order valence-corrected chi connectivity index (χ2v) is 11.8. The molecule has 0 saturated carbocycles. The van der Waals surface area contributed by atoms with E-state index in [1.807, 2.05) is 39.1 Å². The van der Waals surface area contributed by atoms with Crippen LogP contribution in [0, 0.1) is 6.92 Å². The van der Waals surface area contributed by atoms with E-state index >= 15 is 0 Å². The van der Waals surface area contributed by atoms with Crippen LogP contribution in [0.3, 0.4) is 0 Å². The maximum atomic E-state index is 11.4. The van der Waals surface area contributed by atoms with Crippen molar-refractivity contribution in [2.75, 3.05) is 19.8 Å². The Morgan fingerprint density at radius 2 is 1.24 bits per heavy atom. The summed E-state index contributed by atoms with van der Waals surface area (Å²) in [6, 6.07) is 6.11. The summed E-state index contributed by atoms with van der Waals surface area (Å²) in [6.45, 7) is 9.83. The zero-order valence-corrected chi connectivity index (χ0v) is 20.6. The molecule has 0 spiro atoms. The molecule has 33 heavy (non-hydrogen) atoms. The van der Waals surface area contributed by atoms with Crippen LogP contribution in [-0.2, 0) is 39.5 Å². The molecule has 0 fully saturated rings. The Labute approximate surface area is 189 Å². The molecule has 194 valence electrons. The summed E-state index contributed by atoms with van der Waals surface area (Å²) in [5.41, 5.74) is -11.2. The highest BCUT2D eigenvalue weighted by molar-refractivity contribution is 8.13. The van der Waals surface area contributed by atoms with Crippen molar-refractivity contribution >= 4 is 28.9 Å². The Bertz CT molecular complexity index is 897. The molecule has 18 heteroatoms. The average molecular weight is 551 g/mol. The van der Waals surface area contributed by atoms with Crippen LogP contribution in [0.5, 0.6) is 0 Å². The molecule has 0 aromatic carbocycles. The summed E-state index contributed by atoms with van der Waals surface area (Å²) < 4.78 is 129. The fourth-order valence-corrected chi connectivity index (χ4v) is 6.41. The van der Waals surface area contributed by atoms with Gasteiger partial charge < -0.3 is 17.4 Å². The predicted molar refractivity (Wildman–Crippen MR) is 105 cm³/mol. The molecule has 0 saturated heterocycles. The predicted octanol–water partition coefficient (Wildman–Crippen LogP) is 2.93. The number of halogens is 6. The zero-order valence-electron chi connectivity index (χ0n) is 18.0. The van der Waals surface area contributed by atoms with Gasteiger partial charge in [-0.15, -0.1) is 0 Å². The van der Waals surface area contributed by atoms with Crippen molar-refractivity contribution in [1.82, 2.24) is 0 Å². The smallest absolute Gasteiger partial charge is 0.421 e. The Morgan fingerprint density at radius 1 is 0.848 bits per heavy atom. The van der Waals surface area contributed by atoms with Gasteiger partial charge >= 0.3 is 19.8 Å². The van der Waals surface area contributed by atoms with Gasteiger partial charge in [-0.1, -0.05) is 6.07 Å². The summed E-state index contributed by atoms with van der Waals surface area (Å²) in [6.07, 6.45) is 2.70. The van der Waals surface area contributed by atoms with E-state index in [1.165, 1.54) is 5.69 Å². The molecule has 9 nitrogen and oxygen atoms in total. The average Bonchev–Trinajstić information content (AvgIpc) is 2.62. The second kappa shape index (κ2) is 12.4. The van der Waals surface area contributed by atoms with Gasteiger partial charge in [0.15, 0.2) is 31.9 Å². The molecule has 0 aliphatic heterocycles. The van der Waals surface area contributed by atoms with Crippen LogP contribution in [0.25, 0.3) is 4.13 Å². The number of nitrogens with zero attached hydrogens (tertiary/aromatic N) is 2. The summed E-state index contributed by atoms with van der Waals surface area (Å²) in [7, 11) is -16.0. The summed E-state index contributed by atoms with van der Waals surface area (Å²) in [5.74, 6) is 0. The lowest BCUT2D eigenvalue weighted by atomic mass is 10.4. The number of pyridine rings is 1. The molecule has 0 aliphatic carbocycles. The Kier molecular flexibility index (Phi) is 11.9. The lowest BCUT2D eigenvalue weighted by Gasteiger charge is -2.25. The van der Waals surface area contributed by atoms with Crippen LogP contribution in [-0.4, -0.2) is 56.5 Å². The molecule has 1 heterocycles. The first-order chi connectivity index (χ1) is 14.9. The molecular weight excluding hydrogens is 526 g/mol. The first-order valence-corrected chi connectivity index (χ1v) is 13.9. The van der Waals surface area contributed by atoms with Crippen LogP contribution in [0.1, 0.15) is 26.5 Å². The third kappa shape index (κ3) is 9.83. The zero-order chi connectivity index (χ0) is 26.1. The van der Waals surface area contributed by atoms with Crippen molar-refractivity contribution in [1.29, 1.82) is 0 Å². The molecule has 0 aliphatic rings. The van der Waals surface area contributed by atoms with Crippen LogP contribution >= 0.6 is 0 Å². The van der Waals surface area contributed by atoms with Crippen LogP contribution < -0.4 is 4.57 Å². The normalized spacial score (nSPS) is 13.4. The standard InChI is InChI=1S/C13H24NO3Si.C2F6NO4S2/c1-5-15-18(16-6-2,17-7-3)12-14-11-9-8-10-13(14)4;3-1(4,5)14(10,11)9-15(12,13)2(6,7)8/h8-11H,5-7,12H2,1-4H3;/q+1;-1. The number of hydrogen-bond acceptors (Lipinski definition) is 7. The lowest BCUT2D eigenvalue weighted by molar-refractivity contribution is -0.691. The fraction of sp³-hybridized carbons (Fsp3) is 0.667. The first kappa shape index (κ1) is 31.7. The topological polar surface area (TPSA) is 114 Å². The van der Waals surface area contributed by atoms with Gasteiger partial charge in [-0.25, -0.2) is 16.8 Å². The molecule has 0 atom stereocenters. The van der Waals surface area contributed by atoms with Crippen molar-refractivity contribution in [3.63, 3.8) is 0 Å². The van der Waals surface area contributed by atoms with Crippen molar-refractivity contribution < 1.29 is 61.0 Å². The van der Waals surface area contributed by atoms with Gasteiger partial charge in [0.05, 0.1) is 0 Å². The summed E-state index contributed by atoms with van der Waals surface area (Å²) in [4.78, 5) is 0. The van der Waals surface area contributed by atoms with Gasteiger partial charge in [0.25, 0.3) is 0 Å². The highest BCUT2D eigenvalue weighted by Gasteiger charge is 2.47. The minimum Gasteiger partial charge on any atom is -0.421 e. The first-order valence-electron chi connectivity index (χ1n) is 9.11. The van der Waals surface area contributed by atoms with Gasteiger partial charge in [-0.3, -0.25) is 0 Å². The van der Waals surface area contributed by atoms with Crippen molar-refractivity contribution in [3.05, 3.63) is 34.2 Å². The van der Waals surface area contributed by atoms with Gasteiger partial charge in [0.2, 0.25) is 6.17 Å². The largest absolute Gasteiger partial charge is 0.570 e. The van der Waals surface area contributed by atoms with E-state index in [2.05, 4.69) is 17.6 Å². The van der Waals surface area contributed by atoms with Crippen LogP contribution in [0.15, 0.2) is 24.4 Å². The minimum atomic E-state index is -6.72. The maximum absolute atomic E-state index is 11.4. The van der Waals surface area contributed by atoms with Crippen LogP contribution in [0.4, 0.5) is 26.3 Å². The molecule has 0 amide bonds. The highest BCUT2D eigenvalue weighted by atomic mass is 32.3. The van der Waals surface area contributed by atoms with E-state index in [9.17, 15) is 43.2 Å². The number of aromatic nitrogens is 1. The number of sulfonamides is 2. The number of aryl methyl sites for hydroxylation is 1. The maximum Gasteiger partial charge on any atom is 0.570 e. The van der Waals surface area contributed by atoms with E-state index in [0.29, 0.717) is 26.0 Å². The molecule has 0 unspecified atom stereocenters. The molecule has 1 aromatic heterocycles. The van der Waals surface area contributed by atoms with E-state index < -0.39 is 39.9 Å². The Hall–Kier alpha value is -1.31. The van der Waals surface area contributed by atoms with Crippen molar-refractivity contribution in [2.45, 2.75) is 44.9 Å². The quantitative estimate of drug-likeness (QED) is 0.250. The lowest BCUT2D eigenvalue weighted by Crippen LogP contribution is -2.58. The van der Waals surface area contributed by atoms with Gasteiger partial charge in [0, 0.05) is 38.9 Å². The van der Waals surface area contributed by atoms with Gasteiger partial charge in [0.1, 0.15) is 0 Å². The van der Waals surface area contributed by atoms with E-state index in [4.69, 9.17) is 13.3 Å². The van der Waals surface area contributed by atoms with E-state index in [1.54, 1.807) is 0 Å². The molecular formula is C15H24F6N2O7S2Si. The van der Waals surface area contributed by atoms with Crippen LogP contribution in [0.2, 0.25) is 0 Å². The summed E-state index contributed by atoms with van der Waals surface area (Å²) in [5, 5.41) is 0. The Morgan fingerprint density at radius 3 is 1.55 bits per heavy atom. The molecule has 1 rings (SSSR count). The summed E-state index contributed by atoms with van der Waals surface area (Å²) >= 11 is 0. The van der Waals surface area contributed by atoms with Gasteiger partial charge in [-0.2, -0.15) is 30.9 Å². The molecule has 0 bridgehead atoms. The molecule has 1 aromatic rings. The minimum absolute atomic E-state index is 0.610. The van der Waals surface area contributed by atoms with E-state index in [-0.39, 0.29) is 0 Å². The third-order valence-corrected chi connectivity index (χ3v) is 9.06. The van der Waals surface area contributed by atoms with Crippen molar-refractivity contribution in [3.8, 4) is 0 Å². The molecule has 0 N–H and O–H groups in total. The number of rotatable bonds is 10. The number of alkyl halides is 6. The fourth-order valence-electron chi connectivity index (χ4n) is 2.08. The monoisotopic (exact) mass is 550 g/mol. The number of hydrogen-bond donors (Lipinski definition) is 0. The second-order valence-electron chi connectivity index (χ2n) is 5.87.